The Morgan fingerprint density at radius 1 is 1.24 bits per heavy atom. The van der Waals surface area contributed by atoms with Crippen LogP contribution in [0.25, 0.3) is 0 Å². The molecule has 0 aliphatic carbocycles. The lowest BCUT2D eigenvalue weighted by Gasteiger charge is -2.26. The van der Waals surface area contributed by atoms with Crippen LogP contribution in [-0.2, 0) is 29.2 Å². The third-order valence-corrected chi connectivity index (χ3v) is 5.42. The van der Waals surface area contributed by atoms with Crippen molar-refractivity contribution in [2.24, 2.45) is 0 Å². The summed E-state index contributed by atoms with van der Waals surface area (Å²) in [6.45, 7) is 7.93. The molecule has 1 atom stereocenters. The van der Waals surface area contributed by atoms with Crippen LogP contribution in [0.15, 0.2) is 6.07 Å². The number of morpholine rings is 1. The Morgan fingerprint density at radius 2 is 2.12 bits per heavy atom. The van der Waals surface area contributed by atoms with E-state index in [0.29, 0.717) is 19.6 Å². The van der Waals surface area contributed by atoms with Crippen LogP contribution in [0, 0.1) is 0 Å². The second-order valence-corrected chi connectivity index (χ2v) is 7.43. The molecule has 138 valence electrons. The smallest absolute Gasteiger partial charge is 0.224 e. The van der Waals surface area contributed by atoms with Gasteiger partial charge in [0.15, 0.2) is 0 Å². The van der Waals surface area contributed by atoms with Gasteiger partial charge in [0.1, 0.15) is 0 Å². The topological polar surface area (TPSA) is 62.6 Å². The zero-order valence-electron chi connectivity index (χ0n) is 15.0. The van der Waals surface area contributed by atoms with Crippen LogP contribution in [-0.4, -0.2) is 70.9 Å². The molecule has 1 aromatic rings. The van der Waals surface area contributed by atoms with E-state index in [1.165, 1.54) is 31.6 Å². The van der Waals surface area contributed by atoms with E-state index in [0.717, 1.165) is 44.9 Å². The molecule has 1 amide bonds. The Kier molecular flexibility index (Phi) is 5.33. The van der Waals surface area contributed by atoms with E-state index in [4.69, 9.17) is 9.84 Å². The summed E-state index contributed by atoms with van der Waals surface area (Å²) >= 11 is 0. The van der Waals surface area contributed by atoms with Gasteiger partial charge in [0.05, 0.1) is 31.1 Å². The summed E-state index contributed by atoms with van der Waals surface area (Å²) in [6.07, 6.45) is 4.09. The summed E-state index contributed by atoms with van der Waals surface area (Å²) in [5.41, 5.74) is 2.32. The Bertz CT molecular complexity index is 590. The van der Waals surface area contributed by atoms with Gasteiger partial charge in [-0.15, -0.1) is 0 Å². The SMILES string of the molecule is O=C(CC1COCCN1)N1CCCn2nc(CN3CCCC3)cc2C1. The molecule has 25 heavy (non-hydrogen) atoms. The first-order valence-corrected chi connectivity index (χ1v) is 9.65. The van der Waals surface area contributed by atoms with Gasteiger partial charge in [-0.2, -0.15) is 5.10 Å². The molecule has 4 rings (SSSR count). The monoisotopic (exact) mass is 347 g/mol. The third kappa shape index (κ3) is 4.22. The van der Waals surface area contributed by atoms with Crippen LogP contribution in [0.4, 0.5) is 0 Å². The van der Waals surface area contributed by atoms with Gasteiger partial charge in [0, 0.05) is 38.6 Å². The summed E-state index contributed by atoms with van der Waals surface area (Å²) in [5, 5.41) is 8.16. The van der Waals surface area contributed by atoms with E-state index in [-0.39, 0.29) is 11.9 Å². The Hall–Kier alpha value is -1.44. The van der Waals surface area contributed by atoms with Crippen LogP contribution >= 0.6 is 0 Å². The van der Waals surface area contributed by atoms with Crippen molar-refractivity contribution in [3.8, 4) is 0 Å². The number of nitrogens with one attached hydrogen (secondary N) is 1. The molecule has 3 aliphatic rings. The highest BCUT2D eigenvalue weighted by molar-refractivity contribution is 5.76. The molecule has 0 bridgehead atoms. The van der Waals surface area contributed by atoms with Crippen LogP contribution in [0.3, 0.4) is 0 Å². The van der Waals surface area contributed by atoms with E-state index < -0.39 is 0 Å². The summed E-state index contributed by atoms with van der Waals surface area (Å²) in [6, 6.07) is 2.35. The molecule has 0 saturated carbocycles. The molecule has 1 unspecified atom stereocenters. The first kappa shape index (κ1) is 17.0. The number of carbonyl (C=O) groups is 1. The van der Waals surface area contributed by atoms with Gasteiger partial charge in [0.25, 0.3) is 0 Å². The third-order valence-electron chi connectivity index (χ3n) is 5.42. The molecule has 7 nitrogen and oxygen atoms in total. The van der Waals surface area contributed by atoms with Crippen LogP contribution in [0.1, 0.15) is 37.1 Å². The van der Waals surface area contributed by atoms with E-state index in [1.807, 2.05) is 4.90 Å². The average molecular weight is 347 g/mol. The molecule has 2 saturated heterocycles. The molecule has 0 aromatic carbocycles. The minimum atomic E-state index is 0.153. The van der Waals surface area contributed by atoms with E-state index in [1.54, 1.807) is 0 Å². The van der Waals surface area contributed by atoms with E-state index >= 15 is 0 Å². The number of amides is 1. The Balaban J connectivity index is 1.37. The van der Waals surface area contributed by atoms with Crippen molar-refractivity contribution in [1.82, 2.24) is 24.9 Å². The maximum Gasteiger partial charge on any atom is 0.224 e. The Labute approximate surface area is 149 Å². The quantitative estimate of drug-likeness (QED) is 0.864. The number of fused-ring (bicyclic) bond motifs is 1. The number of likely N-dealkylation sites (tertiary alicyclic amines) is 1. The summed E-state index contributed by atoms with van der Waals surface area (Å²) in [4.78, 5) is 17.2. The van der Waals surface area contributed by atoms with Crippen LogP contribution in [0.2, 0.25) is 0 Å². The molecule has 0 spiro atoms. The van der Waals surface area contributed by atoms with Gasteiger partial charge in [-0.05, 0) is 38.4 Å². The minimum absolute atomic E-state index is 0.153. The van der Waals surface area contributed by atoms with E-state index in [9.17, 15) is 4.79 Å². The lowest BCUT2D eigenvalue weighted by atomic mass is 10.1. The molecular weight excluding hydrogens is 318 g/mol. The number of carbonyl (C=O) groups excluding carboxylic acids is 1. The standard InChI is InChI=1S/C18H29N5O2/c24-18(11-16-14-25-9-4-19-16)22-7-3-8-23-17(13-22)10-15(20-23)12-21-5-1-2-6-21/h10,16,19H,1-9,11-14H2. The number of rotatable bonds is 4. The van der Waals surface area contributed by atoms with Crippen LogP contribution < -0.4 is 5.32 Å². The highest BCUT2D eigenvalue weighted by Crippen LogP contribution is 2.18. The first-order chi connectivity index (χ1) is 12.3. The largest absolute Gasteiger partial charge is 0.378 e. The number of aromatic nitrogens is 2. The van der Waals surface area contributed by atoms with Gasteiger partial charge >= 0.3 is 0 Å². The number of nitrogens with zero attached hydrogens (tertiary/aromatic N) is 4. The van der Waals surface area contributed by atoms with Crippen molar-refractivity contribution >= 4 is 5.91 Å². The first-order valence-electron chi connectivity index (χ1n) is 9.65. The van der Waals surface area contributed by atoms with Crippen molar-refractivity contribution in [3.63, 3.8) is 0 Å². The fourth-order valence-electron chi connectivity index (χ4n) is 4.07. The van der Waals surface area contributed by atoms with E-state index in [2.05, 4.69) is 21.0 Å². The molecule has 7 heteroatoms. The summed E-state index contributed by atoms with van der Waals surface area (Å²) in [7, 11) is 0. The molecule has 2 fully saturated rings. The molecule has 4 heterocycles. The molecular formula is C18H29N5O2. The zero-order chi connectivity index (χ0) is 17.1. The van der Waals surface area contributed by atoms with Crippen molar-refractivity contribution < 1.29 is 9.53 Å². The zero-order valence-corrected chi connectivity index (χ0v) is 15.0. The second kappa shape index (κ2) is 7.85. The van der Waals surface area contributed by atoms with Crippen LogP contribution in [0.5, 0.6) is 0 Å². The maximum atomic E-state index is 12.7. The Morgan fingerprint density at radius 3 is 2.92 bits per heavy atom. The van der Waals surface area contributed by atoms with Crippen molar-refractivity contribution in [2.75, 3.05) is 39.4 Å². The molecule has 1 aromatic heterocycles. The number of hydrogen-bond donors (Lipinski definition) is 1. The summed E-state index contributed by atoms with van der Waals surface area (Å²) < 4.78 is 7.58. The van der Waals surface area contributed by atoms with Crippen molar-refractivity contribution in [3.05, 3.63) is 17.5 Å². The highest BCUT2D eigenvalue weighted by Gasteiger charge is 2.24. The van der Waals surface area contributed by atoms with Crippen molar-refractivity contribution in [2.45, 2.75) is 51.4 Å². The van der Waals surface area contributed by atoms with Gasteiger partial charge in [-0.1, -0.05) is 0 Å². The predicted octanol–water partition coefficient (Wildman–Crippen LogP) is 0.590. The normalized spacial score (nSPS) is 25.0. The number of aryl methyl sites for hydroxylation is 1. The maximum absolute atomic E-state index is 12.7. The predicted molar refractivity (Wildman–Crippen MR) is 94.0 cm³/mol. The number of ether oxygens (including phenoxy) is 1. The fraction of sp³-hybridized carbons (Fsp3) is 0.778. The number of hydrogen-bond acceptors (Lipinski definition) is 5. The summed E-state index contributed by atoms with van der Waals surface area (Å²) in [5.74, 6) is 0.221. The van der Waals surface area contributed by atoms with Gasteiger partial charge in [-0.3, -0.25) is 14.4 Å². The highest BCUT2D eigenvalue weighted by atomic mass is 16.5. The molecule has 0 radical (unpaired) electrons. The molecule has 3 aliphatic heterocycles. The van der Waals surface area contributed by atoms with Gasteiger partial charge < -0.3 is 15.0 Å². The second-order valence-electron chi connectivity index (χ2n) is 7.43. The molecule has 1 N–H and O–H groups in total. The van der Waals surface area contributed by atoms with Gasteiger partial charge in [0.2, 0.25) is 5.91 Å². The fourth-order valence-corrected chi connectivity index (χ4v) is 4.07. The van der Waals surface area contributed by atoms with Gasteiger partial charge in [-0.25, -0.2) is 0 Å². The minimum Gasteiger partial charge on any atom is -0.378 e. The van der Waals surface area contributed by atoms with Crippen molar-refractivity contribution in [1.29, 1.82) is 0 Å². The average Bonchev–Trinajstić information content (AvgIpc) is 3.21. The lowest BCUT2D eigenvalue weighted by molar-refractivity contribution is -0.133. The lowest BCUT2D eigenvalue weighted by Crippen LogP contribution is -2.45.